The minimum Gasteiger partial charge on any atom is -0.345 e. The van der Waals surface area contributed by atoms with Crippen molar-refractivity contribution in [1.82, 2.24) is 24.5 Å². The number of benzene rings is 1. The van der Waals surface area contributed by atoms with E-state index in [1.165, 1.54) is 11.8 Å². The van der Waals surface area contributed by atoms with E-state index in [1.807, 2.05) is 44.2 Å². The molecule has 0 N–H and O–H groups in total. The van der Waals surface area contributed by atoms with Gasteiger partial charge in [0.05, 0.1) is 0 Å². The number of aryl methyl sites for hydroxylation is 2. The fraction of sp³-hybridized carbons (Fsp3) is 0.294. The number of nitrogens with zero attached hydrogens (tertiary/aromatic N) is 5. The molecule has 0 saturated carbocycles. The zero-order valence-corrected chi connectivity index (χ0v) is 15.0. The molecule has 0 atom stereocenters. The molecule has 0 unspecified atom stereocenters. The second-order valence-electron chi connectivity index (χ2n) is 5.83. The van der Waals surface area contributed by atoms with Crippen LogP contribution in [-0.4, -0.2) is 44.5 Å². The second kappa shape index (κ2) is 6.60. The van der Waals surface area contributed by atoms with Crippen molar-refractivity contribution in [2.24, 2.45) is 0 Å². The van der Waals surface area contributed by atoms with E-state index in [-0.39, 0.29) is 5.91 Å². The van der Waals surface area contributed by atoms with Crippen molar-refractivity contribution in [3.8, 4) is 0 Å². The summed E-state index contributed by atoms with van der Waals surface area (Å²) >= 11 is 1.53. The summed E-state index contributed by atoms with van der Waals surface area (Å²) in [6, 6.07) is 9.63. The van der Waals surface area contributed by atoms with E-state index >= 15 is 0 Å². The van der Waals surface area contributed by atoms with Crippen LogP contribution in [0, 0.1) is 13.8 Å². The Hall–Kier alpha value is -2.41. The first kappa shape index (κ1) is 16.4. The molecule has 1 amide bonds. The summed E-state index contributed by atoms with van der Waals surface area (Å²) in [7, 11) is 3.50. The highest BCUT2D eigenvalue weighted by atomic mass is 32.2. The average molecular weight is 341 g/mol. The summed E-state index contributed by atoms with van der Waals surface area (Å²) in [6.45, 7) is 3.93. The lowest BCUT2D eigenvalue weighted by Crippen LogP contribution is -2.21. The molecule has 0 aliphatic heterocycles. The summed E-state index contributed by atoms with van der Waals surface area (Å²) in [6.07, 6.45) is 0. The summed E-state index contributed by atoms with van der Waals surface area (Å²) < 4.78 is 1.75. The number of carbonyl (C=O) groups is 1. The van der Waals surface area contributed by atoms with Gasteiger partial charge in [0, 0.05) is 36.8 Å². The Kier molecular flexibility index (Phi) is 4.53. The van der Waals surface area contributed by atoms with Gasteiger partial charge in [-0.15, -0.1) is 5.10 Å². The van der Waals surface area contributed by atoms with Crippen molar-refractivity contribution >= 4 is 23.4 Å². The number of hydrogen-bond donors (Lipinski definition) is 0. The Balaban J connectivity index is 1.77. The third-order valence-electron chi connectivity index (χ3n) is 3.55. The Morgan fingerprint density at radius 3 is 2.75 bits per heavy atom. The van der Waals surface area contributed by atoms with E-state index in [0.717, 1.165) is 17.0 Å². The molecule has 0 bridgehead atoms. The van der Waals surface area contributed by atoms with Crippen LogP contribution in [0.2, 0.25) is 0 Å². The van der Waals surface area contributed by atoms with E-state index in [9.17, 15) is 4.79 Å². The highest BCUT2D eigenvalue weighted by Gasteiger charge is 2.11. The molecular weight excluding hydrogens is 322 g/mol. The maximum atomic E-state index is 12.0. The van der Waals surface area contributed by atoms with Crippen LogP contribution in [0.25, 0.3) is 5.78 Å². The molecule has 3 aromatic rings. The maximum Gasteiger partial charge on any atom is 0.253 e. The van der Waals surface area contributed by atoms with Crippen molar-refractivity contribution in [3.63, 3.8) is 0 Å². The zero-order chi connectivity index (χ0) is 17.3. The topological polar surface area (TPSA) is 63.4 Å². The van der Waals surface area contributed by atoms with Crippen molar-refractivity contribution in [2.45, 2.75) is 24.8 Å². The summed E-state index contributed by atoms with van der Waals surface area (Å²) in [5.74, 6) is 1.32. The molecule has 0 radical (unpaired) electrons. The number of thioether (sulfide) groups is 1. The summed E-state index contributed by atoms with van der Waals surface area (Å²) in [4.78, 5) is 22.5. The van der Waals surface area contributed by atoms with Gasteiger partial charge in [0.1, 0.15) is 0 Å². The minimum absolute atomic E-state index is 0.00278. The first-order valence-corrected chi connectivity index (χ1v) is 8.57. The first-order valence-electron chi connectivity index (χ1n) is 7.58. The van der Waals surface area contributed by atoms with Crippen LogP contribution in [0.5, 0.6) is 0 Å². The molecular formula is C17H19N5OS. The molecule has 0 aliphatic carbocycles. The molecule has 7 heteroatoms. The highest BCUT2D eigenvalue weighted by molar-refractivity contribution is 7.98. The third kappa shape index (κ3) is 3.41. The maximum absolute atomic E-state index is 12.0. The molecule has 3 rings (SSSR count). The first-order chi connectivity index (χ1) is 11.4. The lowest BCUT2D eigenvalue weighted by molar-refractivity contribution is 0.0827. The quantitative estimate of drug-likeness (QED) is 0.683. The van der Waals surface area contributed by atoms with Gasteiger partial charge in [-0.05, 0) is 37.6 Å². The van der Waals surface area contributed by atoms with Crippen LogP contribution in [0.4, 0.5) is 0 Å². The average Bonchev–Trinajstić information content (AvgIpc) is 2.95. The van der Waals surface area contributed by atoms with E-state index in [1.54, 1.807) is 23.5 Å². The zero-order valence-electron chi connectivity index (χ0n) is 14.1. The lowest BCUT2D eigenvalue weighted by atomic mass is 10.1. The minimum atomic E-state index is 0.00278. The predicted octanol–water partition coefficient (Wildman–Crippen LogP) is 2.74. The van der Waals surface area contributed by atoms with Crippen LogP contribution < -0.4 is 0 Å². The predicted molar refractivity (Wildman–Crippen MR) is 94.3 cm³/mol. The number of hydrogen-bond acceptors (Lipinski definition) is 5. The fourth-order valence-electron chi connectivity index (χ4n) is 2.41. The monoisotopic (exact) mass is 341 g/mol. The van der Waals surface area contributed by atoms with Gasteiger partial charge in [0.2, 0.25) is 5.16 Å². The molecule has 1 aromatic carbocycles. The van der Waals surface area contributed by atoms with Gasteiger partial charge >= 0.3 is 0 Å². The van der Waals surface area contributed by atoms with Crippen LogP contribution >= 0.6 is 11.8 Å². The van der Waals surface area contributed by atoms with E-state index in [4.69, 9.17) is 0 Å². The molecule has 0 saturated heterocycles. The summed E-state index contributed by atoms with van der Waals surface area (Å²) in [5, 5.41) is 5.17. The molecule has 0 spiro atoms. The normalized spacial score (nSPS) is 11.0. The molecule has 2 heterocycles. The Morgan fingerprint density at radius 1 is 1.21 bits per heavy atom. The number of carbonyl (C=O) groups excluding carboxylic acids is 1. The van der Waals surface area contributed by atoms with E-state index in [0.29, 0.717) is 22.3 Å². The van der Waals surface area contributed by atoms with Crippen LogP contribution in [0.1, 0.15) is 27.3 Å². The standard InChI is InChI=1S/C17H19N5OS/c1-11-8-12(2)22-16(18-11)19-17(20-22)24-10-13-6-5-7-14(9-13)15(23)21(3)4/h5-9H,10H2,1-4H3. The number of rotatable bonds is 4. The highest BCUT2D eigenvalue weighted by Crippen LogP contribution is 2.21. The smallest absolute Gasteiger partial charge is 0.253 e. The second-order valence-corrected chi connectivity index (χ2v) is 6.78. The Labute approximate surface area is 144 Å². The third-order valence-corrected chi connectivity index (χ3v) is 4.46. The molecule has 0 fully saturated rings. The van der Waals surface area contributed by atoms with Crippen molar-refractivity contribution in [1.29, 1.82) is 0 Å². The van der Waals surface area contributed by atoms with Crippen LogP contribution in [-0.2, 0) is 5.75 Å². The summed E-state index contributed by atoms with van der Waals surface area (Å²) in [5.41, 5.74) is 3.69. The number of aromatic nitrogens is 4. The van der Waals surface area contributed by atoms with Crippen LogP contribution in [0.3, 0.4) is 0 Å². The number of amides is 1. The molecule has 24 heavy (non-hydrogen) atoms. The molecule has 124 valence electrons. The van der Waals surface area contributed by atoms with Crippen molar-refractivity contribution < 1.29 is 4.79 Å². The van der Waals surface area contributed by atoms with Crippen molar-refractivity contribution in [3.05, 3.63) is 52.8 Å². The van der Waals surface area contributed by atoms with Crippen LogP contribution in [0.15, 0.2) is 35.5 Å². The van der Waals surface area contributed by atoms with Gasteiger partial charge in [-0.1, -0.05) is 23.9 Å². The number of fused-ring (bicyclic) bond motifs is 1. The molecule has 6 nitrogen and oxygen atoms in total. The van der Waals surface area contributed by atoms with Gasteiger partial charge in [0.15, 0.2) is 0 Å². The molecule has 2 aromatic heterocycles. The molecule has 0 aliphatic rings. The Morgan fingerprint density at radius 2 is 2.00 bits per heavy atom. The van der Waals surface area contributed by atoms with Crippen molar-refractivity contribution in [2.75, 3.05) is 14.1 Å². The van der Waals surface area contributed by atoms with Gasteiger partial charge < -0.3 is 4.90 Å². The van der Waals surface area contributed by atoms with E-state index in [2.05, 4.69) is 15.1 Å². The van der Waals surface area contributed by atoms with Gasteiger partial charge in [-0.3, -0.25) is 4.79 Å². The SMILES string of the molecule is Cc1cc(C)n2nc(SCc3cccc(C(=O)N(C)C)c3)nc2n1. The van der Waals surface area contributed by atoms with Gasteiger partial charge in [-0.2, -0.15) is 4.98 Å². The largest absolute Gasteiger partial charge is 0.345 e. The Bertz CT molecular complexity index is 903. The lowest BCUT2D eigenvalue weighted by Gasteiger charge is -2.10. The van der Waals surface area contributed by atoms with E-state index < -0.39 is 0 Å². The van der Waals surface area contributed by atoms with Gasteiger partial charge in [-0.25, -0.2) is 9.50 Å². The fourth-order valence-corrected chi connectivity index (χ4v) is 3.17. The van der Waals surface area contributed by atoms with Gasteiger partial charge in [0.25, 0.3) is 11.7 Å².